The number of rotatable bonds is 4. The first-order valence-corrected chi connectivity index (χ1v) is 6.66. The van der Waals surface area contributed by atoms with Crippen LogP contribution < -0.4 is 16.1 Å². The summed E-state index contributed by atoms with van der Waals surface area (Å²) >= 11 is 0. The molecule has 0 unspecified atom stereocenters. The van der Waals surface area contributed by atoms with Crippen LogP contribution in [0.1, 0.15) is 20.3 Å². The number of carbonyl (C=O) groups excluding carboxylic acids is 2. The topological polar surface area (TPSA) is 78.7 Å². The van der Waals surface area contributed by atoms with Gasteiger partial charge in [-0.15, -0.1) is 0 Å². The molecular weight excluding hydrogens is 256 g/mol. The van der Waals surface area contributed by atoms with Crippen molar-refractivity contribution in [2.75, 3.05) is 11.6 Å². The Bertz CT molecular complexity index is 491. The first kappa shape index (κ1) is 14.3. The highest BCUT2D eigenvalue weighted by Gasteiger charge is 2.38. The van der Waals surface area contributed by atoms with E-state index in [4.69, 9.17) is 5.73 Å². The van der Waals surface area contributed by atoms with E-state index in [0.29, 0.717) is 0 Å². The molecule has 0 saturated carbocycles. The molecule has 2 atom stereocenters. The highest BCUT2D eigenvalue weighted by atomic mass is 16.2. The summed E-state index contributed by atoms with van der Waals surface area (Å²) in [5, 5.41) is 6.65. The minimum Gasteiger partial charge on any atom is -0.369 e. The maximum atomic E-state index is 12.0. The molecular formula is C14H20N4O2. The van der Waals surface area contributed by atoms with Crippen molar-refractivity contribution in [2.24, 2.45) is 5.73 Å². The summed E-state index contributed by atoms with van der Waals surface area (Å²) < 4.78 is 0. The zero-order chi connectivity index (χ0) is 14.7. The van der Waals surface area contributed by atoms with E-state index in [-0.39, 0.29) is 24.7 Å². The van der Waals surface area contributed by atoms with Gasteiger partial charge in [0.25, 0.3) is 0 Å². The van der Waals surface area contributed by atoms with E-state index in [0.717, 1.165) is 12.1 Å². The number of nitrogens with one attached hydrogen (secondary N) is 1. The molecule has 108 valence electrons. The number of anilines is 1. The molecule has 1 heterocycles. The van der Waals surface area contributed by atoms with E-state index in [9.17, 15) is 9.59 Å². The molecule has 1 aliphatic rings. The third-order valence-corrected chi connectivity index (χ3v) is 3.36. The lowest BCUT2D eigenvalue weighted by atomic mass is 10.2. The third-order valence-electron chi connectivity index (χ3n) is 3.36. The summed E-state index contributed by atoms with van der Waals surface area (Å²) in [4.78, 5) is 22.9. The molecule has 1 aromatic rings. The summed E-state index contributed by atoms with van der Waals surface area (Å²) in [6.07, 6.45) is 0.525. The Morgan fingerprint density at radius 2 is 2.00 bits per heavy atom. The van der Waals surface area contributed by atoms with Crippen molar-refractivity contribution >= 4 is 17.5 Å². The van der Waals surface area contributed by atoms with Crippen LogP contribution in [-0.4, -0.2) is 35.6 Å². The number of amides is 2. The predicted molar refractivity (Wildman–Crippen MR) is 76.5 cm³/mol. The molecule has 3 N–H and O–H groups in total. The maximum absolute atomic E-state index is 12.0. The first-order valence-electron chi connectivity index (χ1n) is 6.66. The Morgan fingerprint density at radius 3 is 2.55 bits per heavy atom. The molecule has 0 radical (unpaired) electrons. The molecule has 0 aromatic heterocycles. The van der Waals surface area contributed by atoms with Crippen molar-refractivity contribution in [1.29, 1.82) is 0 Å². The van der Waals surface area contributed by atoms with Crippen molar-refractivity contribution in [2.45, 2.75) is 32.5 Å². The number of para-hydroxylation sites is 1. The summed E-state index contributed by atoms with van der Waals surface area (Å²) in [7, 11) is 0. The molecule has 0 bridgehead atoms. The largest absolute Gasteiger partial charge is 0.369 e. The number of hydrogen-bond acceptors (Lipinski definition) is 4. The van der Waals surface area contributed by atoms with Crippen LogP contribution in [-0.2, 0) is 9.59 Å². The molecule has 1 aromatic carbocycles. The van der Waals surface area contributed by atoms with Crippen molar-refractivity contribution in [3.8, 4) is 0 Å². The fourth-order valence-corrected chi connectivity index (χ4v) is 2.60. The quantitative estimate of drug-likeness (QED) is 0.837. The van der Waals surface area contributed by atoms with Crippen LogP contribution in [0.5, 0.6) is 0 Å². The monoisotopic (exact) mass is 276 g/mol. The minimum atomic E-state index is -0.431. The van der Waals surface area contributed by atoms with Gasteiger partial charge in [0, 0.05) is 13.3 Å². The first-order chi connectivity index (χ1) is 9.50. The number of benzene rings is 1. The molecule has 0 spiro atoms. The van der Waals surface area contributed by atoms with Gasteiger partial charge in [-0.25, -0.2) is 5.01 Å². The van der Waals surface area contributed by atoms with Crippen LogP contribution >= 0.6 is 0 Å². The maximum Gasteiger partial charge on any atom is 0.239 e. The van der Waals surface area contributed by atoms with Crippen LogP contribution in [0.3, 0.4) is 0 Å². The second kappa shape index (κ2) is 5.92. The summed E-state index contributed by atoms with van der Waals surface area (Å²) in [5.74, 6) is -0.500. The van der Waals surface area contributed by atoms with Crippen molar-refractivity contribution in [1.82, 2.24) is 10.3 Å². The van der Waals surface area contributed by atoms with E-state index in [1.807, 2.05) is 35.3 Å². The lowest BCUT2D eigenvalue weighted by molar-refractivity contribution is -0.131. The number of nitrogens with two attached hydrogens (primary N) is 1. The molecule has 6 nitrogen and oxygen atoms in total. The zero-order valence-electron chi connectivity index (χ0n) is 11.7. The minimum absolute atomic E-state index is 0.0593. The molecule has 2 amide bonds. The predicted octanol–water partition coefficient (Wildman–Crippen LogP) is 0.450. The van der Waals surface area contributed by atoms with Gasteiger partial charge in [0.2, 0.25) is 11.8 Å². The van der Waals surface area contributed by atoms with Crippen molar-refractivity contribution in [3.05, 3.63) is 30.3 Å². The third kappa shape index (κ3) is 2.91. The number of primary amides is 1. The van der Waals surface area contributed by atoms with Gasteiger partial charge in [0.15, 0.2) is 0 Å². The molecule has 6 heteroatoms. The summed E-state index contributed by atoms with van der Waals surface area (Å²) in [6, 6.07) is 9.89. The Hall–Kier alpha value is -2.08. The number of carbonyl (C=O) groups is 2. The summed E-state index contributed by atoms with van der Waals surface area (Å²) in [5.41, 5.74) is 6.11. The van der Waals surface area contributed by atoms with Crippen LogP contribution in [0.15, 0.2) is 30.3 Å². The van der Waals surface area contributed by atoms with E-state index in [1.54, 1.807) is 5.01 Å². The van der Waals surface area contributed by atoms with Crippen LogP contribution in [0.4, 0.5) is 5.69 Å². The highest BCUT2D eigenvalue weighted by molar-refractivity contribution is 5.78. The highest BCUT2D eigenvalue weighted by Crippen LogP contribution is 2.29. The van der Waals surface area contributed by atoms with E-state index in [1.165, 1.54) is 6.92 Å². The van der Waals surface area contributed by atoms with Gasteiger partial charge in [0.05, 0.1) is 18.3 Å². The molecule has 2 rings (SSSR count). The van der Waals surface area contributed by atoms with E-state index in [2.05, 4.69) is 12.2 Å². The van der Waals surface area contributed by atoms with E-state index >= 15 is 0 Å². The number of hydrogen-bond donors (Lipinski definition) is 2. The van der Waals surface area contributed by atoms with Gasteiger partial charge < -0.3 is 5.73 Å². The standard InChI is InChI=1S/C14H20N4O2/c1-10-8-14(16-9-13(15)20)18(11(2)19)17(10)12-6-4-3-5-7-12/h3-7,10,14,16H,8-9H2,1-2H3,(H2,15,20)/t10-,14-/m1/s1. The fraction of sp³-hybridized carbons (Fsp3) is 0.429. The van der Waals surface area contributed by atoms with Crippen molar-refractivity contribution in [3.63, 3.8) is 0 Å². The van der Waals surface area contributed by atoms with Gasteiger partial charge >= 0.3 is 0 Å². The van der Waals surface area contributed by atoms with Crippen molar-refractivity contribution < 1.29 is 9.59 Å². The number of nitrogens with zero attached hydrogens (tertiary/aromatic N) is 2. The summed E-state index contributed by atoms with van der Waals surface area (Å²) in [6.45, 7) is 3.63. The zero-order valence-corrected chi connectivity index (χ0v) is 11.7. The van der Waals surface area contributed by atoms with Gasteiger partial charge in [-0.3, -0.25) is 19.9 Å². The second-order valence-corrected chi connectivity index (χ2v) is 4.99. The van der Waals surface area contributed by atoms with Crippen LogP contribution in [0, 0.1) is 0 Å². The Labute approximate surface area is 118 Å². The molecule has 1 saturated heterocycles. The average Bonchev–Trinajstić information content (AvgIpc) is 2.74. The Kier molecular flexibility index (Phi) is 4.24. The van der Waals surface area contributed by atoms with Gasteiger partial charge in [-0.2, -0.15) is 0 Å². The lowest BCUT2D eigenvalue weighted by Crippen LogP contribution is -2.52. The normalized spacial score (nSPS) is 22.1. The van der Waals surface area contributed by atoms with Crippen LogP contribution in [0.2, 0.25) is 0 Å². The van der Waals surface area contributed by atoms with Gasteiger partial charge in [-0.1, -0.05) is 18.2 Å². The Balaban J connectivity index is 2.23. The number of hydrazine groups is 1. The fourth-order valence-electron chi connectivity index (χ4n) is 2.60. The van der Waals surface area contributed by atoms with Gasteiger partial charge in [-0.05, 0) is 19.1 Å². The molecule has 0 aliphatic carbocycles. The average molecular weight is 276 g/mol. The molecule has 20 heavy (non-hydrogen) atoms. The SMILES string of the molecule is CC(=O)N1[C@@H](NCC(N)=O)C[C@@H](C)N1c1ccccc1. The second-order valence-electron chi connectivity index (χ2n) is 4.99. The van der Waals surface area contributed by atoms with E-state index < -0.39 is 5.91 Å². The smallest absolute Gasteiger partial charge is 0.239 e. The Morgan fingerprint density at radius 1 is 1.35 bits per heavy atom. The molecule has 1 aliphatic heterocycles. The van der Waals surface area contributed by atoms with Gasteiger partial charge in [0.1, 0.15) is 6.17 Å². The lowest BCUT2D eigenvalue weighted by Gasteiger charge is -2.34. The van der Waals surface area contributed by atoms with Crippen LogP contribution in [0.25, 0.3) is 0 Å². The molecule has 1 fully saturated rings.